The molecule has 11 heavy (non-hydrogen) atoms. The molecular formula is C8H9ClOP+. The van der Waals surface area contributed by atoms with Gasteiger partial charge in [0.1, 0.15) is 0 Å². The second-order valence-electron chi connectivity index (χ2n) is 2.49. The normalized spacial score (nSPS) is 11.4. The van der Waals surface area contributed by atoms with Crippen molar-refractivity contribution in [1.82, 2.24) is 0 Å². The fourth-order valence-electron chi connectivity index (χ4n) is 1.08. The largest absolute Gasteiger partial charge is 0.494 e. The van der Waals surface area contributed by atoms with Crippen LogP contribution in [0.3, 0.4) is 0 Å². The van der Waals surface area contributed by atoms with Crippen LogP contribution in [-0.4, -0.2) is 0 Å². The van der Waals surface area contributed by atoms with Crippen LogP contribution in [0, 0.1) is 13.8 Å². The molecule has 0 aliphatic heterocycles. The maximum Gasteiger partial charge on any atom is 0.494 e. The van der Waals surface area contributed by atoms with Crippen LogP contribution in [0.2, 0.25) is 0 Å². The summed E-state index contributed by atoms with van der Waals surface area (Å²) >= 11 is 5.52. The van der Waals surface area contributed by atoms with Crippen LogP contribution >= 0.6 is 18.4 Å². The molecule has 1 rings (SSSR count). The average Bonchev–Trinajstić information content (AvgIpc) is 1.85. The Morgan fingerprint density at radius 2 is 1.73 bits per heavy atom. The van der Waals surface area contributed by atoms with Gasteiger partial charge >= 0.3 is 7.15 Å². The third kappa shape index (κ3) is 1.79. The molecule has 0 saturated heterocycles. The molecular weight excluding hydrogens is 179 g/mol. The fourth-order valence-corrected chi connectivity index (χ4v) is 2.59. The Hall–Kier alpha value is -0.390. The number of aryl methyl sites for hydroxylation is 2. The zero-order valence-corrected chi connectivity index (χ0v) is 8.12. The van der Waals surface area contributed by atoms with Crippen molar-refractivity contribution in [3.8, 4) is 0 Å². The van der Waals surface area contributed by atoms with Crippen LogP contribution in [0.1, 0.15) is 11.1 Å². The average molecular weight is 188 g/mol. The van der Waals surface area contributed by atoms with E-state index in [-0.39, 0.29) is 0 Å². The van der Waals surface area contributed by atoms with Crippen molar-refractivity contribution < 1.29 is 4.57 Å². The monoisotopic (exact) mass is 187 g/mol. The summed E-state index contributed by atoms with van der Waals surface area (Å²) in [5.41, 5.74) is 2.00. The van der Waals surface area contributed by atoms with Gasteiger partial charge in [-0.1, -0.05) is 18.2 Å². The van der Waals surface area contributed by atoms with E-state index >= 15 is 0 Å². The van der Waals surface area contributed by atoms with Gasteiger partial charge in [0, 0.05) is 11.1 Å². The summed E-state index contributed by atoms with van der Waals surface area (Å²) in [4.78, 5) is 0. The minimum Gasteiger partial charge on any atom is -0.0614 e. The van der Waals surface area contributed by atoms with E-state index < -0.39 is 7.15 Å². The van der Waals surface area contributed by atoms with Gasteiger partial charge < -0.3 is 0 Å². The highest BCUT2D eigenvalue weighted by Gasteiger charge is 2.21. The lowest BCUT2D eigenvalue weighted by Crippen LogP contribution is -2.03. The molecule has 0 aliphatic carbocycles. The number of halogens is 1. The van der Waals surface area contributed by atoms with E-state index in [1.165, 1.54) is 0 Å². The van der Waals surface area contributed by atoms with Gasteiger partial charge in [-0.05, 0) is 18.4 Å². The number of rotatable bonds is 1. The highest BCUT2D eigenvalue weighted by atomic mass is 35.7. The van der Waals surface area contributed by atoms with Crippen LogP contribution in [0.5, 0.6) is 0 Å². The molecule has 1 unspecified atom stereocenters. The topological polar surface area (TPSA) is 17.1 Å². The van der Waals surface area contributed by atoms with Crippen molar-refractivity contribution in [2.75, 3.05) is 0 Å². The first-order valence-corrected chi connectivity index (χ1v) is 5.48. The van der Waals surface area contributed by atoms with Gasteiger partial charge in [-0.25, -0.2) is 0 Å². The maximum absolute atomic E-state index is 11.0. The van der Waals surface area contributed by atoms with E-state index in [1.807, 2.05) is 32.0 Å². The quantitative estimate of drug-likeness (QED) is 0.618. The molecule has 1 aromatic carbocycles. The van der Waals surface area contributed by atoms with E-state index in [9.17, 15) is 4.57 Å². The molecule has 1 aromatic rings. The second-order valence-corrected chi connectivity index (χ2v) is 4.34. The van der Waals surface area contributed by atoms with Crippen LogP contribution in [-0.2, 0) is 4.57 Å². The van der Waals surface area contributed by atoms with Crippen LogP contribution < -0.4 is 5.30 Å². The highest BCUT2D eigenvalue weighted by molar-refractivity contribution is 7.80. The van der Waals surface area contributed by atoms with E-state index in [0.717, 1.165) is 16.4 Å². The molecule has 58 valence electrons. The Bertz CT molecular complexity index is 276. The lowest BCUT2D eigenvalue weighted by atomic mass is 10.2. The molecule has 0 aromatic heterocycles. The summed E-state index contributed by atoms with van der Waals surface area (Å²) < 4.78 is 11.0. The van der Waals surface area contributed by atoms with Crippen molar-refractivity contribution in [3.63, 3.8) is 0 Å². The highest BCUT2D eigenvalue weighted by Crippen LogP contribution is 2.28. The molecule has 0 amide bonds. The van der Waals surface area contributed by atoms with E-state index in [0.29, 0.717) is 0 Å². The predicted molar refractivity (Wildman–Crippen MR) is 49.0 cm³/mol. The molecule has 0 radical (unpaired) electrons. The molecule has 1 nitrogen and oxygen atoms in total. The summed E-state index contributed by atoms with van der Waals surface area (Å²) in [5.74, 6) is 0. The molecule has 0 saturated carbocycles. The molecule has 0 bridgehead atoms. The first kappa shape index (κ1) is 8.70. The van der Waals surface area contributed by atoms with E-state index in [1.54, 1.807) is 0 Å². The van der Waals surface area contributed by atoms with Gasteiger partial charge in [0.25, 0.3) is 0 Å². The molecule has 0 aliphatic rings. The number of hydrogen-bond acceptors (Lipinski definition) is 1. The van der Waals surface area contributed by atoms with Gasteiger partial charge in [-0.2, -0.15) is 0 Å². The molecule has 1 atom stereocenters. The van der Waals surface area contributed by atoms with Gasteiger partial charge in [0.05, 0.1) is 0 Å². The Morgan fingerprint density at radius 3 is 2.00 bits per heavy atom. The van der Waals surface area contributed by atoms with Crippen LogP contribution in [0.15, 0.2) is 18.2 Å². The standard InChI is InChI=1S/C8H9ClOP/c1-6-4-3-5-7(2)8(6)11(9)10/h3-5H,1-2H3/q+1. The van der Waals surface area contributed by atoms with Crippen molar-refractivity contribution in [2.45, 2.75) is 13.8 Å². The van der Waals surface area contributed by atoms with Crippen molar-refractivity contribution in [1.29, 1.82) is 0 Å². The zero-order valence-electron chi connectivity index (χ0n) is 6.47. The maximum atomic E-state index is 11.0. The Balaban J connectivity index is 3.32. The smallest absolute Gasteiger partial charge is 0.0614 e. The summed E-state index contributed by atoms with van der Waals surface area (Å²) in [6.07, 6.45) is 0. The zero-order chi connectivity index (χ0) is 8.43. The Kier molecular flexibility index (Phi) is 2.64. The Morgan fingerprint density at radius 1 is 1.27 bits per heavy atom. The number of hydrogen-bond donors (Lipinski definition) is 0. The third-order valence-electron chi connectivity index (χ3n) is 1.62. The molecule has 3 heteroatoms. The Labute approximate surface area is 72.0 Å². The molecule has 0 heterocycles. The van der Waals surface area contributed by atoms with E-state index in [2.05, 4.69) is 0 Å². The predicted octanol–water partition coefficient (Wildman–Crippen LogP) is 2.91. The van der Waals surface area contributed by atoms with Gasteiger partial charge in [0.2, 0.25) is 16.5 Å². The lowest BCUT2D eigenvalue weighted by Gasteiger charge is -1.94. The minimum atomic E-state index is -1.72. The van der Waals surface area contributed by atoms with Crippen molar-refractivity contribution in [2.24, 2.45) is 0 Å². The first-order valence-electron chi connectivity index (χ1n) is 3.32. The van der Waals surface area contributed by atoms with E-state index in [4.69, 9.17) is 11.2 Å². The lowest BCUT2D eigenvalue weighted by molar-refractivity contribution is 0.600. The molecule has 0 N–H and O–H groups in total. The summed E-state index contributed by atoms with van der Waals surface area (Å²) in [5, 5.41) is 0.782. The fraction of sp³-hybridized carbons (Fsp3) is 0.250. The van der Waals surface area contributed by atoms with Crippen molar-refractivity contribution in [3.05, 3.63) is 29.3 Å². The summed E-state index contributed by atoms with van der Waals surface area (Å²) in [6, 6.07) is 5.76. The van der Waals surface area contributed by atoms with Crippen LogP contribution in [0.25, 0.3) is 0 Å². The minimum absolute atomic E-state index is 0.782. The summed E-state index contributed by atoms with van der Waals surface area (Å²) in [6.45, 7) is 3.83. The summed E-state index contributed by atoms with van der Waals surface area (Å²) in [7, 11) is -1.72. The SMILES string of the molecule is Cc1cccc(C)c1[P+](=O)Cl. The molecule has 0 fully saturated rings. The van der Waals surface area contributed by atoms with Gasteiger partial charge in [0.15, 0.2) is 0 Å². The third-order valence-corrected chi connectivity index (χ3v) is 3.18. The van der Waals surface area contributed by atoms with Gasteiger partial charge in [-0.15, -0.1) is 0 Å². The van der Waals surface area contributed by atoms with Crippen molar-refractivity contribution >= 4 is 23.7 Å². The van der Waals surface area contributed by atoms with Gasteiger partial charge in [-0.3, -0.25) is 0 Å². The first-order chi connectivity index (χ1) is 5.13. The molecule has 0 spiro atoms. The number of benzene rings is 1. The second kappa shape index (κ2) is 3.34. The van der Waals surface area contributed by atoms with Crippen LogP contribution in [0.4, 0.5) is 0 Å².